The van der Waals surface area contributed by atoms with Crippen molar-refractivity contribution in [1.82, 2.24) is 0 Å². The average Bonchev–Trinajstić information content (AvgIpc) is 2.17. The number of methoxy groups -OCH3 is 1. The lowest BCUT2D eigenvalue weighted by Crippen LogP contribution is -1.83. The van der Waals surface area contributed by atoms with Gasteiger partial charge in [-0.1, -0.05) is 23.7 Å². The number of ether oxygens (including phenoxy) is 1. The molecule has 1 rings (SSSR count). The normalized spacial score (nSPS) is 11.4. The lowest BCUT2D eigenvalue weighted by molar-refractivity contribution is 0.415. The Balaban J connectivity index is 2.92. The van der Waals surface area contributed by atoms with Crippen molar-refractivity contribution < 1.29 is 4.74 Å². The van der Waals surface area contributed by atoms with Crippen molar-refractivity contribution in [2.24, 2.45) is 0 Å². The van der Waals surface area contributed by atoms with E-state index in [2.05, 4.69) is 0 Å². The number of hydrogen-bond acceptors (Lipinski definition) is 1. The van der Waals surface area contributed by atoms with Crippen molar-refractivity contribution in [3.05, 3.63) is 35.4 Å². The fourth-order valence-electron chi connectivity index (χ4n) is 0.917. The number of hydrogen-bond donors (Lipinski definition) is 0. The highest BCUT2D eigenvalue weighted by atomic mass is 35.5. The third-order valence-electron chi connectivity index (χ3n) is 1.71. The molecule has 0 amide bonds. The maximum atomic E-state index is 5.57. The molecule has 1 nitrogen and oxygen atoms in total. The van der Waals surface area contributed by atoms with Gasteiger partial charge in [0, 0.05) is 5.54 Å². The Labute approximate surface area is 77.6 Å². The Hall–Kier alpha value is -0.950. The molecule has 0 bridgehead atoms. The molecule has 0 radical (unpaired) electrons. The fraction of sp³-hybridized carbons (Fsp3) is 0.200. The quantitative estimate of drug-likeness (QED) is 0.682. The van der Waals surface area contributed by atoms with Gasteiger partial charge in [0.2, 0.25) is 0 Å². The summed E-state index contributed by atoms with van der Waals surface area (Å²) in [6.45, 7) is 1.97. The van der Waals surface area contributed by atoms with Crippen LogP contribution in [0.1, 0.15) is 12.5 Å². The molecular formula is C10H11ClO. The molecule has 0 aliphatic heterocycles. The first-order chi connectivity index (χ1) is 5.77. The predicted octanol–water partition coefficient (Wildman–Crippen LogP) is 3.29. The van der Waals surface area contributed by atoms with Crippen molar-refractivity contribution in [3.63, 3.8) is 0 Å². The van der Waals surface area contributed by atoms with Gasteiger partial charge in [-0.2, -0.15) is 0 Å². The first-order valence-electron chi connectivity index (χ1n) is 3.69. The zero-order chi connectivity index (χ0) is 8.97. The van der Waals surface area contributed by atoms with Gasteiger partial charge in [-0.05, 0) is 30.2 Å². The van der Waals surface area contributed by atoms with E-state index in [0.717, 1.165) is 16.9 Å². The number of allylic oxidation sites excluding steroid dienone is 1. The van der Waals surface area contributed by atoms with Crippen LogP contribution in [0.5, 0.6) is 5.75 Å². The minimum absolute atomic E-state index is 0.862. The van der Waals surface area contributed by atoms with E-state index in [-0.39, 0.29) is 0 Å². The molecule has 0 saturated carbocycles. The molecule has 1 aromatic carbocycles. The van der Waals surface area contributed by atoms with Gasteiger partial charge in [0.1, 0.15) is 5.75 Å². The molecule has 12 heavy (non-hydrogen) atoms. The Kier molecular flexibility index (Phi) is 3.18. The van der Waals surface area contributed by atoms with Crippen LogP contribution in [0.2, 0.25) is 0 Å². The molecule has 0 spiro atoms. The third-order valence-corrected chi connectivity index (χ3v) is 2.04. The van der Waals surface area contributed by atoms with Gasteiger partial charge in [0.15, 0.2) is 0 Å². The summed E-state index contributed by atoms with van der Waals surface area (Å²) in [7, 11) is 1.65. The SMILES string of the molecule is COc1ccc(/C(C)=C/Cl)cc1. The minimum atomic E-state index is 0.862. The molecule has 64 valence electrons. The maximum absolute atomic E-state index is 5.57. The number of benzene rings is 1. The van der Waals surface area contributed by atoms with Crippen LogP contribution in [0.3, 0.4) is 0 Å². The van der Waals surface area contributed by atoms with Crippen LogP contribution in [-0.4, -0.2) is 7.11 Å². The first kappa shape index (κ1) is 9.14. The number of rotatable bonds is 2. The van der Waals surface area contributed by atoms with E-state index >= 15 is 0 Å². The topological polar surface area (TPSA) is 9.23 Å². The summed E-state index contributed by atoms with van der Waals surface area (Å²) in [5, 5.41) is 0. The van der Waals surface area contributed by atoms with Crippen LogP contribution in [0, 0.1) is 0 Å². The molecular weight excluding hydrogens is 172 g/mol. The van der Waals surface area contributed by atoms with Gasteiger partial charge in [-0.3, -0.25) is 0 Å². The smallest absolute Gasteiger partial charge is 0.118 e. The van der Waals surface area contributed by atoms with Crippen LogP contribution < -0.4 is 4.74 Å². The van der Waals surface area contributed by atoms with Gasteiger partial charge in [0.25, 0.3) is 0 Å². The van der Waals surface area contributed by atoms with E-state index in [1.54, 1.807) is 12.6 Å². The molecule has 0 heterocycles. The first-order valence-corrected chi connectivity index (χ1v) is 4.13. The predicted molar refractivity (Wildman–Crippen MR) is 52.5 cm³/mol. The molecule has 0 N–H and O–H groups in total. The highest BCUT2D eigenvalue weighted by molar-refractivity contribution is 6.28. The van der Waals surface area contributed by atoms with Crippen LogP contribution >= 0.6 is 11.6 Å². The van der Waals surface area contributed by atoms with E-state index in [1.807, 2.05) is 31.2 Å². The van der Waals surface area contributed by atoms with E-state index in [9.17, 15) is 0 Å². The van der Waals surface area contributed by atoms with Crippen LogP contribution in [0.15, 0.2) is 29.8 Å². The molecule has 0 saturated heterocycles. The number of halogens is 1. The van der Waals surface area contributed by atoms with Crippen molar-refractivity contribution in [2.75, 3.05) is 7.11 Å². The summed E-state index contributed by atoms with van der Waals surface area (Å²) in [5.74, 6) is 0.862. The van der Waals surface area contributed by atoms with Crippen molar-refractivity contribution in [3.8, 4) is 5.75 Å². The third kappa shape index (κ3) is 2.02. The van der Waals surface area contributed by atoms with E-state index in [0.29, 0.717) is 0 Å². The lowest BCUT2D eigenvalue weighted by Gasteiger charge is -2.01. The van der Waals surface area contributed by atoms with E-state index in [1.165, 1.54) is 0 Å². The summed E-state index contributed by atoms with van der Waals surface area (Å²) in [6, 6.07) is 7.79. The Bertz CT molecular complexity index is 274. The summed E-state index contributed by atoms with van der Waals surface area (Å²) in [6.07, 6.45) is 0. The van der Waals surface area contributed by atoms with Gasteiger partial charge in [0.05, 0.1) is 7.11 Å². The molecule has 0 aromatic heterocycles. The highest BCUT2D eigenvalue weighted by Gasteiger charge is 1.94. The van der Waals surface area contributed by atoms with E-state index < -0.39 is 0 Å². The van der Waals surface area contributed by atoms with Crippen LogP contribution in [0.4, 0.5) is 0 Å². The second kappa shape index (κ2) is 4.17. The second-order valence-corrected chi connectivity index (χ2v) is 2.74. The fourth-order valence-corrected chi connectivity index (χ4v) is 1.04. The second-order valence-electron chi connectivity index (χ2n) is 2.52. The Morgan fingerprint density at radius 1 is 1.33 bits per heavy atom. The van der Waals surface area contributed by atoms with Crippen molar-refractivity contribution >= 4 is 17.2 Å². The largest absolute Gasteiger partial charge is 0.497 e. The Morgan fingerprint density at radius 2 is 1.92 bits per heavy atom. The molecule has 0 atom stereocenters. The van der Waals surface area contributed by atoms with Gasteiger partial charge < -0.3 is 4.74 Å². The van der Waals surface area contributed by atoms with Crippen LogP contribution in [-0.2, 0) is 0 Å². The van der Waals surface area contributed by atoms with E-state index in [4.69, 9.17) is 16.3 Å². The standard InChI is InChI=1S/C10H11ClO/c1-8(7-11)9-3-5-10(12-2)6-4-9/h3-7H,1-2H3/b8-7+. The summed E-state index contributed by atoms with van der Waals surface area (Å²) in [4.78, 5) is 0. The van der Waals surface area contributed by atoms with Crippen molar-refractivity contribution in [1.29, 1.82) is 0 Å². The zero-order valence-electron chi connectivity index (χ0n) is 7.17. The monoisotopic (exact) mass is 182 g/mol. The summed E-state index contributed by atoms with van der Waals surface area (Å²) in [5.41, 5.74) is 3.74. The molecule has 1 aromatic rings. The van der Waals surface area contributed by atoms with Gasteiger partial charge >= 0.3 is 0 Å². The molecule has 0 fully saturated rings. The molecule has 0 unspecified atom stereocenters. The van der Waals surface area contributed by atoms with Gasteiger partial charge in [-0.15, -0.1) is 0 Å². The van der Waals surface area contributed by atoms with Crippen LogP contribution in [0.25, 0.3) is 5.57 Å². The molecule has 0 aliphatic carbocycles. The lowest BCUT2D eigenvalue weighted by atomic mass is 10.1. The molecule has 2 heteroatoms. The minimum Gasteiger partial charge on any atom is -0.497 e. The van der Waals surface area contributed by atoms with Crippen molar-refractivity contribution in [2.45, 2.75) is 6.92 Å². The van der Waals surface area contributed by atoms with Gasteiger partial charge in [-0.25, -0.2) is 0 Å². The maximum Gasteiger partial charge on any atom is 0.118 e. The zero-order valence-corrected chi connectivity index (χ0v) is 7.93. The Morgan fingerprint density at radius 3 is 2.33 bits per heavy atom. The molecule has 0 aliphatic rings. The average molecular weight is 183 g/mol. The summed E-state index contributed by atoms with van der Waals surface area (Å²) < 4.78 is 5.03. The summed E-state index contributed by atoms with van der Waals surface area (Å²) >= 11 is 5.57. The highest BCUT2D eigenvalue weighted by Crippen LogP contribution is 2.18.